The first kappa shape index (κ1) is 19.3. The van der Waals surface area contributed by atoms with Gasteiger partial charge in [0.2, 0.25) is 5.91 Å². The molecule has 2 N–H and O–H groups in total. The number of hydrogen-bond donors (Lipinski definition) is 2. The second-order valence-electron chi connectivity index (χ2n) is 7.38. The monoisotopic (exact) mass is 317 g/mol. The highest BCUT2D eigenvalue weighted by molar-refractivity contribution is 5.99. The van der Waals surface area contributed by atoms with Crippen molar-refractivity contribution in [2.75, 3.05) is 5.32 Å². The summed E-state index contributed by atoms with van der Waals surface area (Å²) in [5.41, 5.74) is 2.18. The van der Waals surface area contributed by atoms with Gasteiger partial charge in [0.05, 0.1) is 0 Å². The highest BCUT2D eigenvalue weighted by Gasteiger charge is 2.29. The van der Waals surface area contributed by atoms with Gasteiger partial charge < -0.3 is 10.4 Å². The minimum atomic E-state index is -0.163. The van der Waals surface area contributed by atoms with E-state index in [9.17, 15) is 9.90 Å². The zero-order valence-corrected chi connectivity index (χ0v) is 15.6. The number of aromatic hydroxyl groups is 1. The maximum absolute atomic E-state index is 11.9. The molecule has 1 aromatic carbocycles. The molecular formula is C20H31NO2. The number of nitrogens with one attached hydrogen (secondary N) is 1. The van der Waals surface area contributed by atoms with Gasteiger partial charge in [0.15, 0.2) is 0 Å². The normalized spacial score (nSPS) is 12.7. The van der Waals surface area contributed by atoms with Gasteiger partial charge in [-0.25, -0.2) is 0 Å². The van der Waals surface area contributed by atoms with Crippen molar-refractivity contribution in [2.24, 2.45) is 0 Å². The van der Waals surface area contributed by atoms with E-state index >= 15 is 0 Å². The summed E-state index contributed by atoms with van der Waals surface area (Å²) in [6.07, 6.45) is 5.02. The van der Waals surface area contributed by atoms with Gasteiger partial charge in [-0.1, -0.05) is 47.6 Å². The summed E-state index contributed by atoms with van der Waals surface area (Å²) in [5.74, 6) is 0.200. The number of phenolic OH excluding ortho intramolecular Hbond substituents is 1. The third-order valence-corrected chi connectivity index (χ3v) is 4.92. The quantitative estimate of drug-likeness (QED) is 0.554. The number of carbonyl (C=O) groups is 1. The van der Waals surface area contributed by atoms with Crippen LogP contribution in [0.25, 0.3) is 0 Å². The molecule has 0 saturated heterocycles. The molecule has 0 unspecified atom stereocenters. The fourth-order valence-corrected chi connectivity index (χ4v) is 2.45. The van der Waals surface area contributed by atoms with Crippen LogP contribution in [0.1, 0.15) is 72.4 Å². The van der Waals surface area contributed by atoms with E-state index in [-0.39, 0.29) is 16.7 Å². The Labute approximate surface area is 140 Å². The van der Waals surface area contributed by atoms with Gasteiger partial charge in [-0.05, 0) is 48.8 Å². The Balaban J connectivity index is 3.53. The van der Waals surface area contributed by atoms with Crippen LogP contribution in [0, 0.1) is 0 Å². The number of rotatable bonds is 6. The molecular weight excluding hydrogens is 286 g/mol. The summed E-state index contributed by atoms with van der Waals surface area (Å²) in [4.78, 5) is 11.9. The Morgan fingerprint density at radius 3 is 1.87 bits per heavy atom. The van der Waals surface area contributed by atoms with E-state index < -0.39 is 0 Å². The van der Waals surface area contributed by atoms with Gasteiger partial charge in [-0.3, -0.25) is 4.79 Å². The highest BCUT2D eigenvalue weighted by atomic mass is 16.3. The Hall–Kier alpha value is -1.77. The lowest BCUT2D eigenvalue weighted by Gasteiger charge is -2.31. The number of carbonyl (C=O) groups excluding carboxylic acids is 1. The average molecular weight is 317 g/mol. The fraction of sp³-hybridized carbons (Fsp3) is 0.550. The summed E-state index contributed by atoms with van der Waals surface area (Å²) in [6.45, 7) is 14.5. The van der Waals surface area contributed by atoms with Crippen LogP contribution in [0.15, 0.2) is 24.3 Å². The Kier molecular flexibility index (Phi) is 6.04. The molecule has 0 radical (unpaired) electrons. The number of allylic oxidation sites excluding steroid dienone is 1. The highest BCUT2D eigenvalue weighted by Crippen LogP contribution is 2.43. The van der Waals surface area contributed by atoms with Gasteiger partial charge >= 0.3 is 0 Å². The number of amides is 1. The molecule has 0 aromatic heterocycles. The first-order valence-corrected chi connectivity index (χ1v) is 8.40. The molecule has 0 aliphatic heterocycles. The van der Waals surface area contributed by atoms with Crippen LogP contribution in [0.5, 0.6) is 5.75 Å². The van der Waals surface area contributed by atoms with Crippen molar-refractivity contribution >= 4 is 11.6 Å². The molecule has 23 heavy (non-hydrogen) atoms. The van der Waals surface area contributed by atoms with Crippen molar-refractivity contribution in [3.63, 3.8) is 0 Å². The van der Waals surface area contributed by atoms with E-state index in [1.807, 2.05) is 19.1 Å². The van der Waals surface area contributed by atoms with Gasteiger partial charge in [-0.2, -0.15) is 0 Å². The van der Waals surface area contributed by atoms with Crippen LogP contribution in [-0.4, -0.2) is 11.0 Å². The van der Waals surface area contributed by atoms with Crippen LogP contribution in [-0.2, 0) is 15.6 Å². The fourth-order valence-electron chi connectivity index (χ4n) is 2.45. The second-order valence-corrected chi connectivity index (χ2v) is 7.38. The second kappa shape index (κ2) is 7.20. The number of anilines is 1. The van der Waals surface area contributed by atoms with Crippen molar-refractivity contribution in [3.8, 4) is 5.75 Å². The zero-order chi connectivity index (χ0) is 17.8. The summed E-state index contributed by atoms with van der Waals surface area (Å²) < 4.78 is 0. The lowest BCUT2D eigenvalue weighted by molar-refractivity contribution is -0.111. The number of phenols is 1. The Bertz CT molecular complexity index is 561. The third-order valence-electron chi connectivity index (χ3n) is 4.92. The van der Waals surface area contributed by atoms with E-state index in [0.717, 1.165) is 29.7 Å². The maximum atomic E-state index is 11.9. The molecule has 1 amide bonds. The number of hydrogen-bond acceptors (Lipinski definition) is 2. The molecule has 0 aliphatic carbocycles. The first-order chi connectivity index (χ1) is 10.6. The predicted octanol–water partition coefficient (Wildman–Crippen LogP) is 5.28. The lowest BCUT2D eigenvalue weighted by atomic mass is 9.75. The molecule has 1 rings (SSSR count). The molecule has 1 aromatic rings. The molecule has 0 aliphatic rings. The molecule has 0 bridgehead atoms. The van der Waals surface area contributed by atoms with Crippen molar-refractivity contribution in [1.29, 1.82) is 0 Å². The van der Waals surface area contributed by atoms with Gasteiger partial charge in [0, 0.05) is 16.8 Å². The van der Waals surface area contributed by atoms with Crippen LogP contribution >= 0.6 is 0 Å². The minimum Gasteiger partial charge on any atom is -0.507 e. The zero-order valence-electron chi connectivity index (χ0n) is 15.6. The van der Waals surface area contributed by atoms with Crippen LogP contribution in [0.4, 0.5) is 5.69 Å². The third kappa shape index (κ3) is 4.37. The first-order valence-electron chi connectivity index (χ1n) is 8.40. The molecule has 3 heteroatoms. The van der Waals surface area contributed by atoms with E-state index in [2.05, 4.69) is 46.9 Å². The van der Waals surface area contributed by atoms with Crippen molar-refractivity contribution in [1.82, 2.24) is 0 Å². The largest absolute Gasteiger partial charge is 0.507 e. The van der Waals surface area contributed by atoms with E-state index in [1.54, 1.807) is 6.08 Å². The molecule has 128 valence electrons. The average Bonchev–Trinajstić information content (AvgIpc) is 2.48. The van der Waals surface area contributed by atoms with Gasteiger partial charge in [0.25, 0.3) is 0 Å². The number of benzene rings is 1. The van der Waals surface area contributed by atoms with Crippen molar-refractivity contribution < 1.29 is 9.90 Å². The summed E-state index contributed by atoms with van der Waals surface area (Å²) in [7, 11) is 0. The molecule has 0 spiro atoms. The molecule has 3 nitrogen and oxygen atoms in total. The van der Waals surface area contributed by atoms with Crippen LogP contribution in [0.3, 0.4) is 0 Å². The van der Waals surface area contributed by atoms with Crippen molar-refractivity contribution in [3.05, 3.63) is 35.4 Å². The van der Waals surface area contributed by atoms with Crippen LogP contribution < -0.4 is 5.32 Å². The van der Waals surface area contributed by atoms with E-state index in [0.29, 0.717) is 5.75 Å². The predicted molar refractivity (Wildman–Crippen MR) is 98.2 cm³/mol. The lowest BCUT2D eigenvalue weighted by Crippen LogP contribution is -2.22. The Morgan fingerprint density at radius 1 is 1.09 bits per heavy atom. The molecule has 0 saturated carbocycles. The van der Waals surface area contributed by atoms with E-state index in [4.69, 9.17) is 0 Å². The van der Waals surface area contributed by atoms with Gasteiger partial charge in [0.1, 0.15) is 5.75 Å². The van der Waals surface area contributed by atoms with E-state index in [1.165, 1.54) is 6.08 Å². The smallest absolute Gasteiger partial charge is 0.248 e. The SMILES string of the molecule is C/C=C/C(=O)Nc1cc(C(C)(C)CC)c(O)c(C(C)(C)CC)c1. The van der Waals surface area contributed by atoms with Crippen molar-refractivity contribution in [2.45, 2.75) is 72.1 Å². The molecule has 0 atom stereocenters. The van der Waals surface area contributed by atoms with Gasteiger partial charge in [-0.15, -0.1) is 0 Å². The molecule has 0 fully saturated rings. The van der Waals surface area contributed by atoms with Crippen LogP contribution in [0.2, 0.25) is 0 Å². The topological polar surface area (TPSA) is 49.3 Å². The summed E-state index contributed by atoms with van der Waals surface area (Å²) >= 11 is 0. The summed E-state index contributed by atoms with van der Waals surface area (Å²) in [6, 6.07) is 3.80. The standard InChI is InChI=1S/C20H31NO2/c1-8-11-17(22)21-14-12-15(19(4,5)9-2)18(23)16(13-14)20(6,7)10-3/h8,11-13,23H,9-10H2,1-7H3,(H,21,22)/b11-8+. The maximum Gasteiger partial charge on any atom is 0.248 e. The molecule has 0 heterocycles. The Morgan fingerprint density at radius 2 is 1.52 bits per heavy atom. The minimum absolute atomic E-state index is 0.154. The summed E-state index contributed by atoms with van der Waals surface area (Å²) in [5, 5.41) is 13.8.